The van der Waals surface area contributed by atoms with Gasteiger partial charge in [-0.1, -0.05) is 6.92 Å². The fourth-order valence-electron chi connectivity index (χ4n) is 1.91. The molecule has 19 heavy (non-hydrogen) atoms. The Hall–Kier alpha value is -1.24. The number of aromatic nitrogens is 2. The fraction of sp³-hybridized carbons (Fsp3) is 0.750. The highest BCUT2D eigenvalue weighted by Gasteiger charge is 2.26. The maximum atomic E-state index is 11.2. The van der Waals surface area contributed by atoms with Gasteiger partial charge in [0.25, 0.3) is 0 Å². The topological polar surface area (TPSA) is 73.0 Å². The molecule has 7 heteroatoms. The minimum absolute atomic E-state index is 0.0880. The first-order valence-electron chi connectivity index (χ1n) is 6.34. The molecule has 6 nitrogen and oxygen atoms in total. The van der Waals surface area contributed by atoms with Gasteiger partial charge < -0.3 is 5.32 Å². The van der Waals surface area contributed by atoms with E-state index in [-0.39, 0.29) is 16.7 Å². The predicted molar refractivity (Wildman–Crippen MR) is 80.0 cm³/mol. The minimum atomic E-state index is -0.358. The number of rotatable bonds is 7. The number of thioether (sulfide) groups is 1. The lowest BCUT2D eigenvalue weighted by Gasteiger charge is -2.15. The molecule has 1 N–H and O–H groups in total. The number of hydrogen-bond donors (Lipinski definition) is 1. The molecule has 0 saturated carbocycles. The molecule has 1 heterocycles. The number of hydrogen-bond acceptors (Lipinski definition) is 5. The van der Waals surface area contributed by atoms with Gasteiger partial charge in [0.1, 0.15) is 5.69 Å². The zero-order valence-electron chi connectivity index (χ0n) is 12.1. The van der Waals surface area contributed by atoms with Crippen LogP contribution in [0.5, 0.6) is 0 Å². The highest BCUT2D eigenvalue weighted by Crippen LogP contribution is 2.30. The molecule has 108 valence electrons. The van der Waals surface area contributed by atoms with E-state index in [2.05, 4.69) is 23.6 Å². The van der Waals surface area contributed by atoms with E-state index in [1.54, 1.807) is 23.4 Å². The Morgan fingerprint density at radius 3 is 2.58 bits per heavy atom. The van der Waals surface area contributed by atoms with E-state index in [1.165, 1.54) is 0 Å². The standard InChI is InChI=1S/C12H22N4O2S/c1-8(2)15-12(13-6-9(3)7-19-5)11(16(17)18)10(4)14-15/h8-9,13H,6-7H2,1-5H3. The summed E-state index contributed by atoms with van der Waals surface area (Å²) in [6.45, 7) is 8.44. The summed E-state index contributed by atoms with van der Waals surface area (Å²) < 4.78 is 1.69. The molecule has 0 aromatic carbocycles. The first kappa shape index (κ1) is 15.8. The zero-order valence-corrected chi connectivity index (χ0v) is 13.0. The number of aryl methyl sites for hydroxylation is 1. The second kappa shape index (κ2) is 6.79. The van der Waals surface area contributed by atoms with Crippen LogP contribution < -0.4 is 5.32 Å². The largest absolute Gasteiger partial charge is 0.364 e. The van der Waals surface area contributed by atoms with Crippen LogP contribution in [0, 0.1) is 23.0 Å². The summed E-state index contributed by atoms with van der Waals surface area (Å²) in [5.41, 5.74) is 0.545. The second-order valence-electron chi connectivity index (χ2n) is 5.02. The van der Waals surface area contributed by atoms with Gasteiger partial charge in [0, 0.05) is 12.6 Å². The Labute approximate surface area is 118 Å². The van der Waals surface area contributed by atoms with Gasteiger partial charge in [-0.15, -0.1) is 0 Å². The summed E-state index contributed by atoms with van der Waals surface area (Å²) in [5.74, 6) is 1.99. The molecule has 0 saturated heterocycles. The van der Waals surface area contributed by atoms with Crippen molar-refractivity contribution < 1.29 is 4.92 Å². The smallest absolute Gasteiger partial charge is 0.333 e. The normalized spacial score (nSPS) is 12.7. The molecule has 0 fully saturated rings. The van der Waals surface area contributed by atoms with Crippen molar-refractivity contribution in [2.24, 2.45) is 5.92 Å². The Morgan fingerprint density at radius 1 is 1.47 bits per heavy atom. The van der Waals surface area contributed by atoms with Crippen molar-refractivity contribution in [3.8, 4) is 0 Å². The summed E-state index contributed by atoms with van der Waals surface area (Å²) in [4.78, 5) is 10.8. The third-order valence-corrected chi connectivity index (χ3v) is 3.70. The quantitative estimate of drug-likeness (QED) is 0.616. The molecule has 0 amide bonds. The van der Waals surface area contributed by atoms with Crippen LogP contribution in [0.2, 0.25) is 0 Å². The Balaban J connectivity index is 2.99. The Bertz CT molecular complexity index is 445. The summed E-state index contributed by atoms with van der Waals surface area (Å²) in [6.07, 6.45) is 2.06. The lowest BCUT2D eigenvalue weighted by Crippen LogP contribution is -2.17. The molecule has 0 aliphatic heterocycles. The maximum absolute atomic E-state index is 11.2. The molecule has 1 aromatic rings. The third kappa shape index (κ3) is 3.86. The molecule has 0 aliphatic carbocycles. The van der Waals surface area contributed by atoms with Crippen LogP contribution in [0.4, 0.5) is 11.5 Å². The zero-order chi connectivity index (χ0) is 14.6. The molecule has 0 aliphatic rings. The summed E-state index contributed by atoms with van der Waals surface area (Å²) in [5, 5.41) is 18.6. The van der Waals surface area contributed by atoms with E-state index in [9.17, 15) is 10.1 Å². The van der Waals surface area contributed by atoms with Crippen LogP contribution >= 0.6 is 11.8 Å². The van der Waals surface area contributed by atoms with Crippen molar-refractivity contribution in [1.82, 2.24) is 9.78 Å². The molecule has 1 rings (SSSR count). The maximum Gasteiger partial charge on any atom is 0.333 e. The van der Waals surface area contributed by atoms with Gasteiger partial charge in [0.05, 0.1) is 4.92 Å². The van der Waals surface area contributed by atoms with Crippen LogP contribution in [0.15, 0.2) is 0 Å². The highest BCUT2D eigenvalue weighted by atomic mass is 32.2. The van der Waals surface area contributed by atoms with Crippen LogP contribution in [-0.4, -0.2) is 33.3 Å². The van der Waals surface area contributed by atoms with E-state index in [1.807, 2.05) is 13.8 Å². The SMILES string of the molecule is CSCC(C)CNc1c([N+](=O)[O-])c(C)nn1C(C)C. The average molecular weight is 286 g/mol. The molecular weight excluding hydrogens is 264 g/mol. The third-order valence-electron chi connectivity index (χ3n) is 2.79. The molecule has 0 radical (unpaired) electrons. The molecular formula is C12H22N4O2S. The van der Waals surface area contributed by atoms with Crippen molar-refractivity contribution in [2.45, 2.75) is 33.7 Å². The van der Waals surface area contributed by atoms with Crippen LogP contribution in [0.25, 0.3) is 0 Å². The van der Waals surface area contributed by atoms with Crippen molar-refractivity contribution >= 4 is 23.3 Å². The first-order valence-corrected chi connectivity index (χ1v) is 7.74. The van der Waals surface area contributed by atoms with Crippen LogP contribution in [0.3, 0.4) is 0 Å². The van der Waals surface area contributed by atoms with Gasteiger partial charge in [-0.25, -0.2) is 4.68 Å². The predicted octanol–water partition coefficient (Wildman–Crippen LogP) is 3.09. The van der Waals surface area contributed by atoms with Gasteiger partial charge in [0.2, 0.25) is 5.82 Å². The van der Waals surface area contributed by atoms with Crippen molar-refractivity contribution in [1.29, 1.82) is 0 Å². The van der Waals surface area contributed by atoms with E-state index < -0.39 is 0 Å². The van der Waals surface area contributed by atoms with E-state index in [0.717, 1.165) is 5.75 Å². The molecule has 1 aromatic heterocycles. The lowest BCUT2D eigenvalue weighted by molar-refractivity contribution is -0.384. The number of anilines is 1. The van der Waals surface area contributed by atoms with Gasteiger partial charge >= 0.3 is 5.69 Å². The lowest BCUT2D eigenvalue weighted by atomic mass is 10.2. The summed E-state index contributed by atoms with van der Waals surface area (Å²) in [6, 6.07) is 0.0887. The van der Waals surface area contributed by atoms with E-state index >= 15 is 0 Å². The first-order chi connectivity index (χ1) is 8.88. The van der Waals surface area contributed by atoms with Gasteiger partial charge in [-0.3, -0.25) is 10.1 Å². The summed E-state index contributed by atoms with van der Waals surface area (Å²) >= 11 is 1.77. The van der Waals surface area contributed by atoms with Crippen molar-refractivity contribution in [3.05, 3.63) is 15.8 Å². The van der Waals surface area contributed by atoms with Gasteiger partial charge in [0.15, 0.2) is 0 Å². The van der Waals surface area contributed by atoms with Crippen molar-refractivity contribution in [3.63, 3.8) is 0 Å². The molecule has 0 spiro atoms. The number of nitrogens with zero attached hydrogens (tertiary/aromatic N) is 3. The highest BCUT2D eigenvalue weighted by molar-refractivity contribution is 7.98. The number of nitrogens with one attached hydrogen (secondary N) is 1. The van der Waals surface area contributed by atoms with E-state index in [0.29, 0.717) is 24.0 Å². The van der Waals surface area contributed by atoms with Crippen molar-refractivity contribution in [2.75, 3.05) is 23.9 Å². The minimum Gasteiger partial charge on any atom is -0.364 e. The number of nitro groups is 1. The van der Waals surface area contributed by atoms with Gasteiger partial charge in [-0.2, -0.15) is 16.9 Å². The second-order valence-corrected chi connectivity index (χ2v) is 5.93. The molecule has 0 bridgehead atoms. The average Bonchev–Trinajstić information content (AvgIpc) is 2.64. The van der Waals surface area contributed by atoms with Gasteiger partial charge in [-0.05, 0) is 38.7 Å². The van der Waals surface area contributed by atoms with Crippen LogP contribution in [0.1, 0.15) is 32.5 Å². The monoisotopic (exact) mass is 286 g/mol. The summed E-state index contributed by atoms with van der Waals surface area (Å²) in [7, 11) is 0. The Morgan fingerprint density at radius 2 is 2.11 bits per heavy atom. The fourth-order valence-corrected chi connectivity index (χ4v) is 2.60. The molecule has 1 unspecified atom stereocenters. The van der Waals surface area contributed by atoms with E-state index in [4.69, 9.17) is 0 Å². The Kier molecular flexibility index (Phi) is 5.65. The molecule has 1 atom stereocenters. The van der Waals surface area contributed by atoms with Crippen LogP contribution in [-0.2, 0) is 0 Å².